The monoisotopic (exact) mass is 422 g/mol. The number of nitrogens with one attached hydrogen (secondary N) is 1. The van der Waals surface area contributed by atoms with E-state index in [4.69, 9.17) is 0 Å². The number of para-hydroxylation sites is 1. The van der Waals surface area contributed by atoms with Crippen molar-refractivity contribution < 1.29 is 19.1 Å². The fourth-order valence-corrected chi connectivity index (χ4v) is 3.77. The van der Waals surface area contributed by atoms with E-state index < -0.39 is 18.6 Å². The highest BCUT2D eigenvalue weighted by Gasteiger charge is 2.29. The van der Waals surface area contributed by atoms with E-state index in [2.05, 4.69) is 15.2 Å². The Balaban J connectivity index is 1.40. The standard InChI is InChI=1S/C23H23FN4O3/c24-16-5-7-17(8-6-16)27-11-13-28(14-12-27)23(31)21(15-29)26-22(30)19-9-10-25-20-4-2-1-3-18(19)20/h1-10,21,29H,11-15H2,(H,26,30). The van der Waals surface area contributed by atoms with Crippen LogP contribution in [-0.2, 0) is 4.79 Å². The lowest BCUT2D eigenvalue weighted by molar-refractivity contribution is -0.134. The molecule has 0 saturated carbocycles. The number of aliphatic hydroxyl groups is 1. The van der Waals surface area contributed by atoms with Crippen LogP contribution in [0.15, 0.2) is 60.8 Å². The number of aromatic nitrogens is 1. The number of piperazine rings is 1. The average molecular weight is 422 g/mol. The van der Waals surface area contributed by atoms with Crippen molar-refractivity contribution in [3.63, 3.8) is 0 Å². The van der Waals surface area contributed by atoms with Crippen molar-refractivity contribution in [1.29, 1.82) is 0 Å². The predicted molar refractivity (Wildman–Crippen MR) is 115 cm³/mol. The second kappa shape index (κ2) is 9.09. The summed E-state index contributed by atoms with van der Waals surface area (Å²) >= 11 is 0. The maximum atomic E-state index is 13.1. The number of hydrogen-bond donors (Lipinski definition) is 2. The molecule has 2 amide bonds. The molecule has 2 aromatic carbocycles. The molecule has 7 nitrogen and oxygen atoms in total. The van der Waals surface area contributed by atoms with Crippen LogP contribution in [0.25, 0.3) is 10.9 Å². The summed E-state index contributed by atoms with van der Waals surface area (Å²) in [6.45, 7) is 1.56. The zero-order valence-electron chi connectivity index (χ0n) is 16.9. The third-order valence-corrected chi connectivity index (χ3v) is 5.46. The lowest BCUT2D eigenvalue weighted by Crippen LogP contribution is -2.56. The minimum Gasteiger partial charge on any atom is -0.394 e. The van der Waals surface area contributed by atoms with E-state index in [1.807, 2.05) is 12.1 Å². The molecule has 31 heavy (non-hydrogen) atoms. The van der Waals surface area contributed by atoms with Gasteiger partial charge in [0, 0.05) is 43.4 Å². The summed E-state index contributed by atoms with van der Waals surface area (Å²) in [6, 6.07) is 14.1. The highest BCUT2D eigenvalue weighted by atomic mass is 19.1. The molecule has 0 aliphatic carbocycles. The minimum absolute atomic E-state index is 0.291. The lowest BCUT2D eigenvalue weighted by Gasteiger charge is -2.37. The van der Waals surface area contributed by atoms with Crippen molar-refractivity contribution in [2.45, 2.75) is 6.04 Å². The van der Waals surface area contributed by atoms with Gasteiger partial charge in [-0.05, 0) is 36.4 Å². The van der Waals surface area contributed by atoms with Gasteiger partial charge in [-0.2, -0.15) is 0 Å². The first-order chi connectivity index (χ1) is 15.1. The number of amides is 2. The minimum atomic E-state index is -1.03. The van der Waals surface area contributed by atoms with Crippen LogP contribution in [0.4, 0.5) is 10.1 Å². The third kappa shape index (κ3) is 4.49. The topological polar surface area (TPSA) is 85.8 Å². The number of halogens is 1. The number of benzene rings is 2. The molecule has 1 aliphatic rings. The van der Waals surface area contributed by atoms with Crippen LogP contribution in [-0.4, -0.2) is 65.6 Å². The summed E-state index contributed by atoms with van der Waals surface area (Å²) in [5, 5.41) is 13.1. The Morgan fingerprint density at radius 3 is 2.45 bits per heavy atom. The van der Waals surface area contributed by atoms with E-state index in [1.165, 1.54) is 12.1 Å². The number of nitrogens with zero attached hydrogens (tertiary/aromatic N) is 3. The predicted octanol–water partition coefficient (Wildman–Crippen LogP) is 1.81. The number of carbonyl (C=O) groups is 2. The molecule has 8 heteroatoms. The molecule has 1 unspecified atom stereocenters. The summed E-state index contributed by atoms with van der Waals surface area (Å²) in [5.41, 5.74) is 1.97. The van der Waals surface area contributed by atoms with E-state index in [9.17, 15) is 19.1 Å². The van der Waals surface area contributed by atoms with Crippen molar-refractivity contribution in [2.24, 2.45) is 0 Å². The summed E-state index contributed by atoms with van der Waals surface area (Å²) in [6.07, 6.45) is 1.54. The fourth-order valence-electron chi connectivity index (χ4n) is 3.77. The van der Waals surface area contributed by atoms with E-state index in [1.54, 1.807) is 41.4 Å². The van der Waals surface area contributed by atoms with Crippen molar-refractivity contribution in [2.75, 3.05) is 37.7 Å². The van der Waals surface area contributed by atoms with Gasteiger partial charge in [-0.25, -0.2) is 4.39 Å². The number of pyridine rings is 1. The Hall–Kier alpha value is -3.52. The van der Waals surface area contributed by atoms with Crippen LogP contribution >= 0.6 is 0 Å². The number of aliphatic hydroxyl groups excluding tert-OH is 1. The Bertz CT molecular complexity index is 1080. The smallest absolute Gasteiger partial charge is 0.252 e. The fraction of sp³-hybridized carbons (Fsp3) is 0.261. The molecule has 1 fully saturated rings. The SMILES string of the molecule is O=C(NC(CO)C(=O)N1CCN(c2ccc(F)cc2)CC1)c1ccnc2ccccc12. The maximum absolute atomic E-state index is 13.1. The first kappa shape index (κ1) is 20.7. The van der Waals surface area contributed by atoms with Crippen LogP contribution in [0.1, 0.15) is 10.4 Å². The van der Waals surface area contributed by atoms with Gasteiger partial charge in [-0.1, -0.05) is 18.2 Å². The zero-order valence-corrected chi connectivity index (χ0v) is 16.9. The Morgan fingerprint density at radius 1 is 1.03 bits per heavy atom. The van der Waals surface area contributed by atoms with Gasteiger partial charge in [0.25, 0.3) is 5.91 Å². The van der Waals surface area contributed by atoms with Crippen molar-refractivity contribution in [1.82, 2.24) is 15.2 Å². The van der Waals surface area contributed by atoms with Crippen molar-refractivity contribution in [3.05, 3.63) is 72.2 Å². The van der Waals surface area contributed by atoms with Crippen LogP contribution in [0.2, 0.25) is 0 Å². The molecule has 3 aromatic rings. The molecular weight excluding hydrogens is 399 g/mol. The van der Waals surface area contributed by atoms with Crippen LogP contribution in [0.3, 0.4) is 0 Å². The Labute approximate surface area is 179 Å². The van der Waals surface area contributed by atoms with Crippen LogP contribution in [0.5, 0.6) is 0 Å². The second-order valence-corrected chi connectivity index (χ2v) is 7.37. The summed E-state index contributed by atoms with van der Waals surface area (Å²) < 4.78 is 13.1. The van der Waals surface area contributed by atoms with Crippen molar-refractivity contribution in [3.8, 4) is 0 Å². The number of fused-ring (bicyclic) bond motifs is 1. The molecule has 1 atom stereocenters. The third-order valence-electron chi connectivity index (χ3n) is 5.46. The van der Waals surface area contributed by atoms with Gasteiger partial charge in [0.2, 0.25) is 5.91 Å². The molecule has 160 valence electrons. The highest BCUT2D eigenvalue weighted by molar-refractivity contribution is 6.07. The molecular formula is C23H23FN4O3. The Kier molecular flexibility index (Phi) is 6.08. The highest BCUT2D eigenvalue weighted by Crippen LogP contribution is 2.18. The number of hydrogen-bond acceptors (Lipinski definition) is 5. The molecule has 0 spiro atoms. The van der Waals surface area contributed by atoms with Gasteiger partial charge in [0.1, 0.15) is 11.9 Å². The number of anilines is 1. The molecule has 1 aromatic heterocycles. The number of carbonyl (C=O) groups excluding carboxylic acids is 2. The lowest BCUT2D eigenvalue weighted by atomic mass is 10.1. The molecule has 2 N–H and O–H groups in total. The second-order valence-electron chi connectivity index (χ2n) is 7.37. The largest absolute Gasteiger partial charge is 0.394 e. The molecule has 0 radical (unpaired) electrons. The number of rotatable bonds is 5. The molecule has 4 rings (SSSR count). The van der Waals surface area contributed by atoms with E-state index in [0.717, 1.165) is 5.69 Å². The van der Waals surface area contributed by atoms with Gasteiger partial charge >= 0.3 is 0 Å². The maximum Gasteiger partial charge on any atom is 0.252 e. The van der Waals surface area contributed by atoms with Gasteiger partial charge in [-0.15, -0.1) is 0 Å². The van der Waals surface area contributed by atoms with Gasteiger partial charge in [-0.3, -0.25) is 14.6 Å². The molecule has 1 aliphatic heterocycles. The quantitative estimate of drug-likeness (QED) is 0.655. The first-order valence-corrected chi connectivity index (χ1v) is 10.1. The zero-order chi connectivity index (χ0) is 21.8. The normalized spacial score (nSPS) is 15.0. The van der Waals surface area contributed by atoms with E-state index in [-0.39, 0.29) is 11.7 Å². The Morgan fingerprint density at radius 2 is 1.74 bits per heavy atom. The molecule has 0 bridgehead atoms. The summed E-state index contributed by atoms with van der Waals surface area (Å²) in [5.74, 6) is -1.05. The van der Waals surface area contributed by atoms with Gasteiger partial charge < -0.3 is 20.2 Å². The van der Waals surface area contributed by atoms with Gasteiger partial charge in [0.15, 0.2) is 0 Å². The van der Waals surface area contributed by atoms with Crippen LogP contribution < -0.4 is 10.2 Å². The van der Waals surface area contributed by atoms with E-state index >= 15 is 0 Å². The average Bonchev–Trinajstić information content (AvgIpc) is 2.82. The van der Waals surface area contributed by atoms with E-state index in [0.29, 0.717) is 42.6 Å². The summed E-state index contributed by atoms with van der Waals surface area (Å²) in [4.78, 5) is 33.7. The van der Waals surface area contributed by atoms with Crippen LogP contribution in [0, 0.1) is 5.82 Å². The molecule has 1 saturated heterocycles. The summed E-state index contributed by atoms with van der Waals surface area (Å²) in [7, 11) is 0. The first-order valence-electron chi connectivity index (χ1n) is 10.1. The molecule has 2 heterocycles. The van der Waals surface area contributed by atoms with Crippen molar-refractivity contribution >= 4 is 28.4 Å². The van der Waals surface area contributed by atoms with Gasteiger partial charge in [0.05, 0.1) is 17.7 Å².